The van der Waals surface area contributed by atoms with Gasteiger partial charge in [0.05, 0.1) is 18.4 Å². The number of carbonyl (C=O) groups excluding carboxylic acids is 2. The summed E-state index contributed by atoms with van der Waals surface area (Å²) in [7, 11) is 0. The predicted molar refractivity (Wildman–Crippen MR) is 95.4 cm³/mol. The number of nitrogens with zero attached hydrogens (tertiary/aromatic N) is 1. The third kappa shape index (κ3) is 3.36. The van der Waals surface area contributed by atoms with Gasteiger partial charge in [0.15, 0.2) is 5.78 Å². The smallest absolute Gasteiger partial charge is 0.348 e. The molecule has 0 fully saturated rings. The summed E-state index contributed by atoms with van der Waals surface area (Å²) in [6, 6.07) is 8.82. The van der Waals surface area contributed by atoms with Gasteiger partial charge >= 0.3 is 5.97 Å². The second-order valence-electron chi connectivity index (χ2n) is 5.44. The third-order valence-electron chi connectivity index (χ3n) is 3.73. The molecule has 2 aromatic heterocycles. The molecule has 6 nitrogen and oxygen atoms in total. The molecular formula is C18H16N2O4S. The van der Waals surface area contributed by atoms with Crippen LogP contribution >= 0.6 is 11.3 Å². The minimum atomic E-state index is -0.468. The number of benzene rings is 1. The first-order valence-corrected chi connectivity index (χ1v) is 8.60. The summed E-state index contributed by atoms with van der Waals surface area (Å²) in [5, 5.41) is 0.365. The van der Waals surface area contributed by atoms with Gasteiger partial charge in [-0.15, -0.1) is 11.3 Å². The second kappa shape index (κ2) is 6.98. The second-order valence-corrected chi connectivity index (χ2v) is 6.43. The fourth-order valence-corrected chi connectivity index (χ4v) is 3.64. The molecule has 0 saturated heterocycles. The number of hydrogen-bond donors (Lipinski definition) is 1. The summed E-state index contributed by atoms with van der Waals surface area (Å²) in [5.74, 6) is -0.325. The number of thiophene rings is 1. The number of H-pyrrole nitrogens is 1. The number of aromatic amines is 1. The molecule has 25 heavy (non-hydrogen) atoms. The summed E-state index contributed by atoms with van der Waals surface area (Å²) in [6.07, 6.45) is -0.0130. The van der Waals surface area contributed by atoms with Crippen LogP contribution in [0.3, 0.4) is 0 Å². The minimum Gasteiger partial charge on any atom is -0.462 e. The Bertz CT molecular complexity index is 1010. The van der Waals surface area contributed by atoms with Gasteiger partial charge in [0.25, 0.3) is 5.56 Å². The molecule has 7 heteroatoms. The van der Waals surface area contributed by atoms with E-state index in [2.05, 4.69) is 9.97 Å². The monoisotopic (exact) mass is 356 g/mol. The van der Waals surface area contributed by atoms with Crippen LogP contribution in [0.15, 0.2) is 35.1 Å². The first-order chi connectivity index (χ1) is 12.0. The Labute approximate surface area is 147 Å². The van der Waals surface area contributed by atoms with E-state index in [1.165, 1.54) is 0 Å². The first-order valence-electron chi connectivity index (χ1n) is 7.79. The van der Waals surface area contributed by atoms with E-state index in [1.54, 1.807) is 38.1 Å². The fraction of sp³-hybridized carbons (Fsp3) is 0.222. The van der Waals surface area contributed by atoms with Gasteiger partial charge in [-0.05, 0) is 19.4 Å². The highest BCUT2D eigenvalue weighted by molar-refractivity contribution is 7.20. The van der Waals surface area contributed by atoms with Crippen LogP contribution in [0, 0.1) is 6.92 Å². The Kier molecular flexibility index (Phi) is 4.76. The molecule has 128 valence electrons. The van der Waals surface area contributed by atoms with E-state index < -0.39 is 5.97 Å². The van der Waals surface area contributed by atoms with Crippen molar-refractivity contribution in [3.05, 3.63) is 62.5 Å². The Hall–Kier alpha value is -2.80. The topological polar surface area (TPSA) is 89.1 Å². The zero-order valence-electron chi connectivity index (χ0n) is 13.8. The van der Waals surface area contributed by atoms with E-state index >= 15 is 0 Å². The summed E-state index contributed by atoms with van der Waals surface area (Å²) < 4.78 is 5.01. The molecule has 0 bridgehead atoms. The van der Waals surface area contributed by atoms with Crippen molar-refractivity contribution in [2.45, 2.75) is 20.3 Å². The molecule has 0 atom stereocenters. The van der Waals surface area contributed by atoms with E-state index in [0.717, 1.165) is 11.3 Å². The Balaban J connectivity index is 1.98. The molecule has 0 unspecified atom stereocenters. The van der Waals surface area contributed by atoms with Crippen LogP contribution in [0.4, 0.5) is 0 Å². The lowest BCUT2D eigenvalue weighted by Crippen LogP contribution is -2.15. The maximum atomic E-state index is 12.4. The molecule has 0 amide bonds. The van der Waals surface area contributed by atoms with Crippen molar-refractivity contribution in [2.24, 2.45) is 0 Å². The van der Waals surface area contributed by atoms with E-state index in [0.29, 0.717) is 26.2 Å². The quantitative estimate of drug-likeness (QED) is 0.561. The number of hydrogen-bond acceptors (Lipinski definition) is 6. The molecule has 0 saturated carbocycles. The predicted octanol–water partition coefficient (Wildman–Crippen LogP) is 2.90. The van der Waals surface area contributed by atoms with Crippen LogP contribution in [0.2, 0.25) is 0 Å². The summed E-state index contributed by atoms with van der Waals surface area (Å²) in [4.78, 5) is 44.5. The van der Waals surface area contributed by atoms with Gasteiger partial charge in [-0.25, -0.2) is 9.78 Å². The maximum absolute atomic E-state index is 12.4. The number of nitrogens with one attached hydrogen (secondary N) is 1. The molecule has 0 aliphatic carbocycles. The van der Waals surface area contributed by atoms with Crippen molar-refractivity contribution >= 4 is 33.3 Å². The van der Waals surface area contributed by atoms with E-state index in [9.17, 15) is 14.4 Å². The van der Waals surface area contributed by atoms with Crippen molar-refractivity contribution in [1.82, 2.24) is 9.97 Å². The van der Waals surface area contributed by atoms with Crippen molar-refractivity contribution in [3.63, 3.8) is 0 Å². The number of aryl methyl sites for hydroxylation is 1. The standard InChI is InChI=1S/C18H16N2O4S/c1-3-24-18(23)15-10(2)14-16(22)19-13(20-17(14)25-15)9-12(21)11-7-5-4-6-8-11/h4-8H,3,9H2,1-2H3,(H,19,20,22). The van der Waals surface area contributed by atoms with Crippen LogP contribution in [0.25, 0.3) is 10.2 Å². The SMILES string of the molecule is CCOC(=O)c1sc2nc(CC(=O)c3ccccc3)[nH]c(=O)c2c1C. The number of ketones is 1. The molecule has 2 heterocycles. The van der Waals surface area contributed by atoms with Crippen LogP contribution in [-0.2, 0) is 11.2 Å². The molecule has 1 aromatic carbocycles. The molecule has 3 rings (SSSR count). The number of Topliss-reactive ketones (excluding diaryl/α,β-unsaturated/α-hetero) is 1. The number of carbonyl (C=O) groups is 2. The van der Waals surface area contributed by atoms with E-state index in [1.807, 2.05) is 6.07 Å². The van der Waals surface area contributed by atoms with Crippen LogP contribution in [-0.4, -0.2) is 28.3 Å². The highest BCUT2D eigenvalue weighted by Crippen LogP contribution is 2.27. The highest BCUT2D eigenvalue weighted by Gasteiger charge is 2.20. The maximum Gasteiger partial charge on any atom is 0.348 e. The highest BCUT2D eigenvalue weighted by atomic mass is 32.1. The lowest BCUT2D eigenvalue weighted by Gasteiger charge is -2.01. The average Bonchev–Trinajstić information content (AvgIpc) is 2.93. The van der Waals surface area contributed by atoms with Crippen molar-refractivity contribution in [1.29, 1.82) is 0 Å². The van der Waals surface area contributed by atoms with Gasteiger partial charge in [0, 0.05) is 5.56 Å². The van der Waals surface area contributed by atoms with Crippen molar-refractivity contribution in [3.8, 4) is 0 Å². The first kappa shape index (κ1) is 17.0. The van der Waals surface area contributed by atoms with Gasteiger partial charge in [-0.1, -0.05) is 30.3 Å². The van der Waals surface area contributed by atoms with Crippen molar-refractivity contribution in [2.75, 3.05) is 6.61 Å². The van der Waals surface area contributed by atoms with Crippen LogP contribution < -0.4 is 5.56 Å². The molecule has 0 aliphatic heterocycles. The summed E-state index contributed by atoms with van der Waals surface area (Å²) in [5.41, 5.74) is 0.748. The van der Waals surface area contributed by atoms with E-state index in [-0.39, 0.29) is 30.2 Å². The average molecular weight is 356 g/mol. The number of fused-ring (bicyclic) bond motifs is 1. The van der Waals surface area contributed by atoms with Gasteiger partial charge in [-0.2, -0.15) is 0 Å². The number of ether oxygens (including phenoxy) is 1. The molecule has 1 N–H and O–H groups in total. The van der Waals surface area contributed by atoms with Crippen molar-refractivity contribution < 1.29 is 14.3 Å². The molecule has 0 spiro atoms. The molecule has 0 radical (unpaired) electrons. The number of rotatable bonds is 5. The normalized spacial score (nSPS) is 10.8. The lowest BCUT2D eigenvalue weighted by atomic mass is 10.1. The Morgan fingerprint density at radius 1 is 1.24 bits per heavy atom. The lowest BCUT2D eigenvalue weighted by molar-refractivity contribution is 0.0531. The summed E-state index contributed by atoms with van der Waals surface area (Å²) >= 11 is 1.11. The van der Waals surface area contributed by atoms with Crippen LogP contribution in [0.1, 0.15) is 38.3 Å². The van der Waals surface area contributed by atoms with Gasteiger partial charge in [0.2, 0.25) is 0 Å². The molecular weight excluding hydrogens is 340 g/mol. The van der Waals surface area contributed by atoms with Gasteiger partial charge in [-0.3, -0.25) is 9.59 Å². The number of aromatic nitrogens is 2. The van der Waals surface area contributed by atoms with Crippen LogP contribution in [0.5, 0.6) is 0 Å². The van der Waals surface area contributed by atoms with Gasteiger partial charge < -0.3 is 9.72 Å². The molecule has 0 aliphatic rings. The zero-order chi connectivity index (χ0) is 18.0. The minimum absolute atomic E-state index is 0.0130. The fourth-order valence-electron chi connectivity index (χ4n) is 2.54. The zero-order valence-corrected chi connectivity index (χ0v) is 14.6. The Morgan fingerprint density at radius 2 is 1.96 bits per heavy atom. The Morgan fingerprint density at radius 3 is 2.64 bits per heavy atom. The third-order valence-corrected chi connectivity index (χ3v) is 4.90. The van der Waals surface area contributed by atoms with E-state index in [4.69, 9.17) is 4.74 Å². The molecule has 3 aromatic rings. The van der Waals surface area contributed by atoms with Gasteiger partial charge in [0.1, 0.15) is 15.5 Å². The largest absolute Gasteiger partial charge is 0.462 e. The summed E-state index contributed by atoms with van der Waals surface area (Å²) in [6.45, 7) is 3.67. The number of esters is 1.